The number of aryl methyl sites for hydroxylation is 2. The molecule has 8 aromatic rings. The number of anilines is 4. The minimum Gasteiger partial charge on any atom is -0.481 e. The highest BCUT2D eigenvalue weighted by Crippen LogP contribution is 2.43. The number of fused-ring (bicyclic) bond motifs is 8. The normalized spacial score (nSPS) is 18.9. The van der Waals surface area contributed by atoms with Crippen LogP contribution in [0.25, 0.3) is 31.5 Å². The maximum atomic E-state index is 13.2. The Morgan fingerprint density at radius 1 is 0.800 bits per heavy atom. The summed E-state index contributed by atoms with van der Waals surface area (Å²) in [5.74, 6) is 0.636. The molecule has 0 bridgehead atoms. The zero-order valence-corrected chi connectivity index (χ0v) is 35.3. The van der Waals surface area contributed by atoms with Crippen molar-refractivity contribution >= 4 is 112 Å². The van der Waals surface area contributed by atoms with Crippen LogP contribution in [0.15, 0.2) is 61.7 Å². The Bertz CT molecular complexity index is 2960. The van der Waals surface area contributed by atoms with Gasteiger partial charge in [0.2, 0.25) is 5.91 Å². The number of thiophene rings is 2. The number of hydrogen-bond acceptors (Lipinski definition) is 13. The maximum Gasteiger partial charge on any atom is 0.306 e. The lowest BCUT2D eigenvalue weighted by Crippen LogP contribution is -2.50. The van der Waals surface area contributed by atoms with E-state index in [0.717, 1.165) is 78.4 Å². The number of ether oxygens (including phenoxy) is 1. The maximum absolute atomic E-state index is 13.2. The van der Waals surface area contributed by atoms with Crippen LogP contribution in [0, 0.1) is 11.8 Å². The van der Waals surface area contributed by atoms with Crippen molar-refractivity contribution in [3.8, 4) is 0 Å². The Labute approximate surface area is 360 Å². The average Bonchev–Trinajstić information content (AvgIpc) is 4.06. The number of carbonyl (C=O) groups is 2. The number of carboxylic acid groups (broad SMARTS) is 1. The molecule has 0 spiro atoms. The number of rotatable bonds is 6. The summed E-state index contributed by atoms with van der Waals surface area (Å²) in [6.45, 7) is 3.97. The molecule has 15 nitrogen and oxygen atoms in total. The van der Waals surface area contributed by atoms with Crippen LogP contribution in [-0.4, -0.2) is 86.8 Å². The second kappa shape index (κ2) is 15.9. The summed E-state index contributed by atoms with van der Waals surface area (Å²) in [4.78, 5) is 48.6. The van der Waals surface area contributed by atoms with Crippen molar-refractivity contribution in [3.05, 3.63) is 92.6 Å². The molecule has 1 saturated heterocycles. The van der Waals surface area contributed by atoms with Gasteiger partial charge in [-0.1, -0.05) is 23.2 Å². The SMILES string of the molecule is C[C@H]1COCCN1C(=O)[C@H]1CCc2c(sc3ncnc(Nc4cc5ccnn5cc4Cl)c23)C1.O=C(O)[C@H]1CCc2c(sc3ncnc(Nc4cc5ccnn5cc4Cl)c23)C1. The number of carbonyl (C=O) groups excluding carboxylic acids is 1. The second-order valence-electron chi connectivity index (χ2n) is 15.2. The van der Waals surface area contributed by atoms with Crippen LogP contribution >= 0.6 is 45.9 Å². The van der Waals surface area contributed by atoms with Crippen molar-refractivity contribution < 1.29 is 19.4 Å². The highest BCUT2D eigenvalue weighted by molar-refractivity contribution is 7.19. The van der Waals surface area contributed by atoms with Crippen LogP contribution in [-0.2, 0) is 40.0 Å². The molecule has 9 heterocycles. The van der Waals surface area contributed by atoms with Crippen molar-refractivity contribution in [2.45, 2.75) is 51.5 Å². The summed E-state index contributed by atoms with van der Waals surface area (Å²) in [6, 6.07) is 7.84. The van der Waals surface area contributed by atoms with E-state index in [-0.39, 0.29) is 23.8 Å². The number of hydrogen-bond donors (Lipinski definition) is 3. The van der Waals surface area contributed by atoms with E-state index >= 15 is 0 Å². The Balaban J connectivity index is 0.000000147. The van der Waals surface area contributed by atoms with E-state index in [9.17, 15) is 14.7 Å². The molecule has 3 N–H and O–H groups in total. The molecular weight excluding hydrogens is 846 g/mol. The fraction of sp³-hybridized carbons (Fsp3) is 0.317. The van der Waals surface area contributed by atoms with Crippen LogP contribution in [0.4, 0.5) is 23.0 Å². The van der Waals surface area contributed by atoms with Crippen LogP contribution in [0.3, 0.4) is 0 Å². The zero-order valence-electron chi connectivity index (χ0n) is 32.1. The molecule has 1 amide bonds. The van der Waals surface area contributed by atoms with Gasteiger partial charge in [-0.15, -0.1) is 22.7 Å². The first-order valence-electron chi connectivity index (χ1n) is 19.6. The van der Waals surface area contributed by atoms with Crippen LogP contribution in [0.2, 0.25) is 10.0 Å². The highest BCUT2D eigenvalue weighted by atomic mass is 35.5. The molecule has 11 rings (SSSR count). The highest BCUT2D eigenvalue weighted by Gasteiger charge is 2.34. The number of aliphatic carboxylic acids is 1. The number of nitrogens with zero attached hydrogens (tertiary/aromatic N) is 9. The number of carboxylic acids is 1. The topological polar surface area (TPSA) is 177 Å². The third kappa shape index (κ3) is 7.17. The average molecular weight is 883 g/mol. The summed E-state index contributed by atoms with van der Waals surface area (Å²) in [5.41, 5.74) is 5.77. The van der Waals surface area contributed by atoms with Gasteiger partial charge in [-0.3, -0.25) is 9.59 Å². The molecule has 19 heteroatoms. The molecule has 1 fully saturated rings. The predicted molar refractivity (Wildman–Crippen MR) is 232 cm³/mol. The van der Waals surface area contributed by atoms with Gasteiger partial charge >= 0.3 is 5.97 Å². The first-order chi connectivity index (χ1) is 29.2. The standard InChI is InChI=1S/C23H23ClN6O2S.C18H14ClN5O2S/c1-13-11-32-7-6-29(13)23(31)14-2-3-16-19(8-14)33-22-20(16)21(25-12-26-22)28-18-9-15-4-5-27-30(15)10-17(18)24;19-12-7-24-10(3-4-22-24)6-13(12)23-16-15-11-2-1-9(18(25)26)5-14(11)27-17(15)21-8-20-16/h4-5,9-10,12-14H,2-3,6-8,11H2,1H3,(H,25,26,28);3-4,6-9H,1-2,5H2,(H,25,26)(H,20,21,23)/t13-,14-;9-/m00/s1. The minimum absolute atomic E-state index is 0.00852. The van der Waals surface area contributed by atoms with E-state index in [2.05, 4.69) is 47.7 Å². The second-order valence-corrected chi connectivity index (χ2v) is 18.2. The van der Waals surface area contributed by atoms with Crippen molar-refractivity contribution in [3.63, 3.8) is 0 Å². The number of aromatic nitrogens is 8. The number of pyridine rings is 2. The molecule has 2 aliphatic carbocycles. The monoisotopic (exact) mass is 881 g/mol. The van der Waals surface area contributed by atoms with E-state index in [1.54, 1.807) is 62.8 Å². The summed E-state index contributed by atoms with van der Waals surface area (Å²) in [5, 5.41) is 27.6. The predicted octanol–water partition coefficient (Wildman–Crippen LogP) is 8.01. The zero-order chi connectivity index (χ0) is 41.1. The van der Waals surface area contributed by atoms with Gasteiger partial charge in [0.05, 0.1) is 68.4 Å². The molecular formula is C41H37Cl2N11O4S2. The summed E-state index contributed by atoms with van der Waals surface area (Å²) >= 11 is 16.1. The molecule has 306 valence electrons. The molecule has 1 aliphatic heterocycles. The Kier molecular flexibility index (Phi) is 10.2. The van der Waals surface area contributed by atoms with Gasteiger partial charge < -0.3 is 25.4 Å². The van der Waals surface area contributed by atoms with Gasteiger partial charge in [-0.2, -0.15) is 10.2 Å². The van der Waals surface area contributed by atoms with Crippen LogP contribution in [0.5, 0.6) is 0 Å². The van der Waals surface area contributed by atoms with Gasteiger partial charge in [0.25, 0.3) is 0 Å². The lowest BCUT2D eigenvalue weighted by atomic mass is 9.86. The molecule has 8 aromatic heterocycles. The first kappa shape index (κ1) is 38.7. The summed E-state index contributed by atoms with van der Waals surface area (Å²) < 4.78 is 8.95. The lowest BCUT2D eigenvalue weighted by Gasteiger charge is -2.36. The van der Waals surface area contributed by atoms with Crippen molar-refractivity contribution in [2.24, 2.45) is 11.8 Å². The fourth-order valence-electron chi connectivity index (χ4n) is 8.45. The summed E-state index contributed by atoms with van der Waals surface area (Å²) in [6.07, 6.45) is 14.4. The van der Waals surface area contributed by atoms with E-state index in [0.29, 0.717) is 54.9 Å². The van der Waals surface area contributed by atoms with Gasteiger partial charge in [-0.25, -0.2) is 29.0 Å². The summed E-state index contributed by atoms with van der Waals surface area (Å²) in [7, 11) is 0. The molecule has 0 saturated carbocycles. The van der Waals surface area contributed by atoms with E-state index in [4.69, 9.17) is 27.9 Å². The lowest BCUT2D eigenvalue weighted by molar-refractivity contribution is -0.144. The molecule has 0 unspecified atom stereocenters. The minimum atomic E-state index is -0.733. The van der Waals surface area contributed by atoms with Crippen molar-refractivity contribution in [2.75, 3.05) is 30.4 Å². The quantitative estimate of drug-likeness (QED) is 0.147. The number of amides is 1. The van der Waals surface area contributed by atoms with Gasteiger partial charge in [0.1, 0.15) is 34.0 Å². The number of nitrogens with one attached hydrogen (secondary N) is 2. The molecule has 60 heavy (non-hydrogen) atoms. The Morgan fingerprint density at radius 2 is 1.33 bits per heavy atom. The first-order valence-corrected chi connectivity index (χ1v) is 22.0. The van der Waals surface area contributed by atoms with Gasteiger partial charge in [-0.05, 0) is 80.8 Å². The largest absolute Gasteiger partial charge is 0.481 e. The van der Waals surface area contributed by atoms with E-state index in [1.807, 2.05) is 29.2 Å². The molecule has 0 radical (unpaired) electrons. The molecule has 3 atom stereocenters. The third-order valence-corrected chi connectivity index (χ3v) is 14.4. The smallest absolute Gasteiger partial charge is 0.306 e. The van der Waals surface area contributed by atoms with E-state index < -0.39 is 5.97 Å². The molecule has 0 aromatic carbocycles. The van der Waals surface area contributed by atoms with E-state index in [1.165, 1.54) is 16.8 Å². The number of halogens is 2. The van der Waals surface area contributed by atoms with Crippen molar-refractivity contribution in [1.82, 2.24) is 44.1 Å². The van der Waals surface area contributed by atoms with Crippen LogP contribution in [0.1, 0.15) is 40.6 Å². The molecule has 3 aliphatic rings. The van der Waals surface area contributed by atoms with Gasteiger partial charge in [0, 0.05) is 47.0 Å². The van der Waals surface area contributed by atoms with Gasteiger partial charge in [0.15, 0.2) is 0 Å². The fourth-order valence-corrected chi connectivity index (χ4v) is 11.4. The van der Waals surface area contributed by atoms with Crippen molar-refractivity contribution in [1.29, 1.82) is 0 Å². The van der Waals surface area contributed by atoms with Crippen LogP contribution < -0.4 is 10.6 Å². The third-order valence-electron chi connectivity index (χ3n) is 11.5. The Morgan fingerprint density at radius 3 is 1.87 bits per heavy atom. The Hall–Kier alpha value is -5.46. The number of morpholine rings is 1.